The summed E-state index contributed by atoms with van der Waals surface area (Å²) in [4.78, 5) is 20.2. The number of fused-ring (bicyclic) bond motifs is 1. The van der Waals surface area contributed by atoms with Gasteiger partial charge in [0, 0.05) is 36.0 Å². The monoisotopic (exact) mass is 584 g/mol. The van der Waals surface area contributed by atoms with Crippen molar-refractivity contribution in [1.29, 1.82) is 0 Å². The zero-order chi connectivity index (χ0) is 30.3. The fourth-order valence-electron chi connectivity index (χ4n) is 5.82. The van der Waals surface area contributed by atoms with E-state index in [2.05, 4.69) is 71.5 Å². The Morgan fingerprint density at radius 1 is 0.909 bits per heavy atom. The van der Waals surface area contributed by atoms with Gasteiger partial charge >= 0.3 is 5.97 Å². The maximum absolute atomic E-state index is 11.8. The summed E-state index contributed by atoms with van der Waals surface area (Å²) in [5.41, 5.74) is 9.82. The van der Waals surface area contributed by atoms with Crippen LogP contribution in [0.1, 0.15) is 68.0 Å². The van der Waals surface area contributed by atoms with E-state index in [4.69, 9.17) is 14.6 Å². The molecule has 7 nitrogen and oxygen atoms in total. The van der Waals surface area contributed by atoms with Crippen LogP contribution < -0.4 is 0 Å². The second-order valence-electron chi connectivity index (χ2n) is 10.8. The van der Waals surface area contributed by atoms with Crippen molar-refractivity contribution in [2.45, 2.75) is 45.8 Å². The number of hydrogen-bond donors (Lipinski definition) is 0. The van der Waals surface area contributed by atoms with Crippen LogP contribution in [0.5, 0.6) is 0 Å². The summed E-state index contributed by atoms with van der Waals surface area (Å²) in [5.74, 6) is -0.344. The Morgan fingerprint density at radius 3 is 2.36 bits per heavy atom. The molecule has 1 unspecified atom stereocenters. The van der Waals surface area contributed by atoms with Gasteiger partial charge in [-0.25, -0.2) is 19.4 Å². The van der Waals surface area contributed by atoms with Crippen molar-refractivity contribution in [3.63, 3.8) is 0 Å². The number of carbonyl (C=O) groups is 1. The number of rotatable bonds is 9. The van der Waals surface area contributed by atoms with Gasteiger partial charge in [-0.15, -0.1) is 0 Å². The first-order valence-electron chi connectivity index (χ1n) is 15.3. The second-order valence-corrected chi connectivity index (χ2v) is 10.8. The highest BCUT2D eigenvalue weighted by Gasteiger charge is 2.20. The van der Waals surface area contributed by atoms with Gasteiger partial charge in [0.05, 0.1) is 18.3 Å². The van der Waals surface area contributed by atoms with Gasteiger partial charge in [0.25, 0.3) is 0 Å². The fourth-order valence-corrected chi connectivity index (χ4v) is 5.82. The maximum atomic E-state index is 11.8. The molecule has 6 rings (SSSR count). The predicted molar refractivity (Wildman–Crippen MR) is 174 cm³/mol. The molecule has 222 valence electrons. The molecule has 7 heteroatoms. The third-order valence-corrected chi connectivity index (χ3v) is 7.99. The molecule has 0 aliphatic carbocycles. The summed E-state index contributed by atoms with van der Waals surface area (Å²) in [7, 11) is 0. The minimum atomic E-state index is -0.344. The number of nitrogens with zero attached hydrogens (tertiary/aromatic N) is 4. The topological polar surface area (TPSA) is 79.1 Å². The van der Waals surface area contributed by atoms with Crippen LogP contribution in [0.3, 0.4) is 0 Å². The van der Waals surface area contributed by atoms with E-state index >= 15 is 0 Å². The first kappa shape index (κ1) is 29.2. The number of allylic oxidation sites excluding steroid dienone is 1. The van der Waals surface area contributed by atoms with Gasteiger partial charge in [-0.2, -0.15) is 5.10 Å². The zero-order valence-corrected chi connectivity index (χ0v) is 25.1. The quantitative estimate of drug-likeness (QED) is 0.0989. The van der Waals surface area contributed by atoms with E-state index in [1.807, 2.05) is 35.4 Å². The molecule has 0 saturated carbocycles. The van der Waals surface area contributed by atoms with Gasteiger partial charge in [0.1, 0.15) is 6.33 Å². The first-order valence-corrected chi connectivity index (χ1v) is 15.3. The largest absolute Gasteiger partial charge is 0.463 e. The SMILES string of the molecule is CCOC(=O)C=Cc1ccc(C(=C(CC)c2ccc(-c3cncnc3)cc2)c2ccc3c(cnn3C3CCCCO3)c2)cc1. The molecule has 0 bridgehead atoms. The van der Waals surface area contributed by atoms with Crippen LogP contribution in [-0.2, 0) is 14.3 Å². The summed E-state index contributed by atoms with van der Waals surface area (Å²) in [6.45, 7) is 5.13. The molecule has 44 heavy (non-hydrogen) atoms. The highest BCUT2D eigenvalue weighted by atomic mass is 16.5. The molecule has 1 fully saturated rings. The zero-order valence-electron chi connectivity index (χ0n) is 25.1. The minimum absolute atomic E-state index is 0.0166. The van der Waals surface area contributed by atoms with E-state index in [-0.39, 0.29) is 12.2 Å². The number of carbonyl (C=O) groups excluding carboxylic acids is 1. The van der Waals surface area contributed by atoms with Crippen molar-refractivity contribution in [2.75, 3.05) is 13.2 Å². The van der Waals surface area contributed by atoms with Crippen LogP contribution in [0.25, 0.3) is 39.3 Å². The van der Waals surface area contributed by atoms with Crippen LogP contribution in [0.4, 0.5) is 0 Å². The number of benzene rings is 3. The fraction of sp³-hybridized carbons (Fsp3) is 0.243. The van der Waals surface area contributed by atoms with Gasteiger partial charge in [-0.3, -0.25) is 0 Å². The normalized spacial score (nSPS) is 15.8. The number of esters is 1. The average Bonchev–Trinajstić information content (AvgIpc) is 3.51. The summed E-state index contributed by atoms with van der Waals surface area (Å²) in [6, 6.07) is 23.5. The summed E-state index contributed by atoms with van der Waals surface area (Å²) in [5, 5.41) is 5.81. The number of ether oxygens (including phenoxy) is 2. The highest BCUT2D eigenvalue weighted by Crippen LogP contribution is 2.37. The molecule has 1 aliphatic heterocycles. The van der Waals surface area contributed by atoms with Crippen molar-refractivity contribution in [1.82, 2.24) is 19.7 Å². The van der Waals surface area contributed by atoms with Crippen molar-refractivity contribution in [2.24, 2.45) is 0 Å². The summed E-state index contributed by atoms with van der Waals surface area (Å²) >= 11 is 0. The summed E-state index contributed by atoms with van der Waals surface area (Å²) < 4.78 is 13.1. The van der Waals surface area contributed by atoms with E-state index in [0.717, 1.165) is 82.1 Å². The molecule has 2 aromatic heterocycles. The molecular formula is C37H36N4O3. The smallest absolute Gasteiger partial charge is 0.330 e. The lowest BCUT2D eigenvalue weighted by atomic mass is 9.87. The Hall–Kier alpha value is -4.88. The third kappa shape index (κ3) is 6.38. The molecule has 3 heterocycles. The predicted octanol–water partition coefficient (Wildman–Crippen LogP) is 8.14. The van der Waals surface area contributed by atoms with Crippen molar-refractivity contribution >= 4 is 34.1 Å². The van der Waals surface area contributed by atoms with Crippen LogP contribution >= 0.6 is 0 Å². The lowest BCUT2D eigenvalue weighted by Crippen LogP contribution is -2.18. The number of aromatic nitrogens is 4. The van der Waals surface area contributed by atoms with Gasteiger partial charge in [0.15, 0.2) is 6.23 Å². The van der Waals surface area contributed by atoms with E-state index in [9.17, 15) is 4.79 Å². The Balaban J connectivity index is 1.43. The second kappa shape index (κ2) is 13.6. The molecule has 0 spiro atoms. The standard InChI is InChI=1S/C37H36N4O3/c1-3-33(28-15-13-27(14-16-28)32-22-38-25-39-23-32)37(29-11-8-26(9-12-29)10-19-36(42)43-4-2)30-17-18-34-31(21-30)24-40-41(34)35-7-5-6-20-44-35/h8-19,21-25,35H,3-7,20H2,1-2H3. The molecule has 1 atom stereocenters. The lowest BCUT2D eigenvalue weighted by Gasteiger charge is -2.23. The van der Waals surface area contributed by atoms with Gasteiger partial charge in [0.2, 0.25) is 0 Å². The van der Waals surface area contributed by atoms with E-state index in [1.54, 1.807) is 19.3 Å². The Kier molecular flexibility index (Phi) is 9.03. The van der Waals surface area contributed by atoms with Gasteiger partial charge < -0.3 is 9.47 Å². The molecule has 0 amide bonds. The Morgan fingerprint density at radius 2 is 1.66 bits per heavy atom. The summed E-state index contributed by atoms with van der Waals surface area (Å²) in [6.07, 6.45) is 14.4. The van der Waals surface area contributed by atoms with E-state index in [0.29, 0.717) is 6.61 Å². The molecular weight excluding hydrogens is 548 g/mol. The van der Waals surface area contributed by atoms with Crippen molar-refractivity contribution in [3.8, 4) is 11.1 Å². The van der Waals surface area contributed by atoms with Crippen LogP contribution in [0.2, 0.25) is 0 Å². The highest BCUT2D eigenvalue weighted by molar-refractivity contribution is 6.00. The van der Waals surface area contributed by atoms with E-state index < -0.39 is 0 Å². The Labute approximate surface area is 257 Å². The van der Waals surface area contributed by atoms with Crippen molar-refractivity contribution in [3.05, 3.63) is 120 Å². The molecule has 5 aromatic rings. The minimum Gasteiger partial charge on any atom is -0.463 e. The van der Waals surface area contributed by atoms with Gasteiger partial charge in [-0.1, -0.05) is 61.5 Å². The lowest BCUT2D eigenvalue weighted by molar-refractivity contribution is -0.137. The maximum Gasteiger partial charge on any atom is 0.330 e. The van der Waals surface area contributed by atoms with Crippen LogP contribution in [0.15, 0.2) is 97.7 Å². The third-order valence-electron chi connectivity index (χ3n) is 7.99. The molecule has 3 aromatic carbocycles. The van der Waals surface area contributed by atoms with Gasteiger partial charge in [-0.05, 0) is 89.8 Å². The van der Waals surface area contributed by atoms with Crippen LogP contribution in [0, 0.1) is 0 Å². The van der Waals surface area contributed by atoms with Crippen LogP contribution in [-0.4, -0.2) is 38.9 Å². The molecule has 0 N–H and O–H groups in total. The van der Waals surface area contributed by atoms with E-state index in [1.165, 1.54) is 11.6 Å². The Bertz CT molecular complexity index is 1780. The van der Waals surface area contributed by atoms with Crippen molar-refractivity contribution < 1.29 is 14.3 Å². The molecule has 1 aliphatic rings. The first-order chi connectivity index (χ1) is 21.6. The molecule has 1 saturated heterocycles. The number of hydrogen-bond acceptors (Lipinski definition) is 6. The average molecular weight is 585 g/mol. The molecule has 0 radical (unpaired) electrons.